The van der Waals surface area contributed by atoms with E-state index in [0.717, 1.165) is 24.0 Å². The molecule has 136 valence electrons. The van der Waals surface area contributed by atoms with Gasteiger partial charge >= 0.3 is 0 Å². The van der Waals surface area contributed by atoms with Crippen molar-refractivity contribution in [1.29, 1.82) is 0 Å². The number of aliphatic hydroxyl groups is 2. The van der Waals surface area contributed by atoms with Crippen LogP contribution in [0.4, 0.5) is 0 Å². The fraction of sp³-hybridized carbons (Fsp3) is 0.368. The Morgan fingerprint density at radius 1 is 1.35 bits per heavy atom. The Morgan fingerprint density at radius 2 is 2.19 bits per heavy atom. The van der Waals surface area contributed by atoms with Gasteiger partial charge in [0, 0.05) is 24.1 Å². The second kappa shape index (κ2) is 8.15. The standard InChI is InChI=1S/C19H21N3O4/c1-2-22(8-4-10-24)12-16-20-17-14-11-13(5-3-9-23)6-7-15(14)26-18(17)19(25)21-16/h6-7,11,23-24H,2,4,8-10,12H2,1H3,(H,20,21,25). The molecule has 0 saturated carbocycles. The molecule has 2 heterocycles. The molecule has 26 heavy (non-hydrogen) atoms. The molecule has 2 aromatic heterocycles. The van der Waals surface area contributed by atoms with Crippen LogP contribution in [0, 0.1) is 11.8 Å². The van der Waals surface area contributed by atoms with E-state index in [1.807, 2.05) is 13.0 Å². The summed E-state index contributed by atoms with van der Waals surface area (Å²) in [5.41, 5.74) is 1.66. The number of fused-ring (bicyclic) bond motifs is 3. The first-order chi connectivity index (χ1) is 12.7. The summed E-state index contributed by atoms with van der Waals surface area (Å²) in [7, 11) is 0. The Hall–Kier alpha value is -2.66. The first kappa shape index (κ1) is 18.1. The zero-order valence-electron chi connectivity index (χ0n) is 14.6. The van der Waals surface area contributed by atoms with Crippen molar-refractivity contribution >= 4 is 22.1 Å². The second-order valence-electron chi connectivity index (χ2n) is 5.91. The minimum Gasteiger partial charge on any atom is -0.449 e. The van der Waals surface area contributed by atoms with Crippen LogP contribution in [-0.4, -0.2) is 51.4 Å². The smallest absolute Gasteiger partial charge is 0.294 e. The molecule has 0 spiro atoms. The Balaban J connectivity index is 2.04. The van der Waals surface area contributed by atoms with E-state index in [0.29, 0.717) is 29.9 Å². The van der Waals surface area contributed by atoms with E-state index in [1.165, 1.54) is 0 Å². The molecule has 0 aliphatic carbocycles. The van der Waals surface area contributed by atoms with Gasteiger partial charge < -0.3 is 19.6 Å². The summed E-state index contributed by atoms with van der Waals surface area (Å²) in [5.74, 6) is 6.01. The number of aromatic nitrogens is 2. The van der Waals surface area contributed by atoms with Gasteiger partial charge in [0.05, 0.1) is 6.54 Å². The van der Waals surface area contributed by atoms with E-state index in [9.17, 15) is 4.79 Å². The van der Waals surface area contributed by atoms with Crippen LogP contribution in [-0.2, 0) is 6.54 Å². The van der Waals surface area contributed by atoms with Gasteiger partial charge in [-0.3, -0.25) is 9.69 Å². The van der Waals surface area contributed by atoms with Crippen molar-refractivity contribution in [2.24, 2.45) is 0 Å². The Bertz CT molecular complexity index is 1030. The summed E-state index contributed by atoms with van der Waals surface area (Å²) in [4.78, 5) is 21.9. The number of hydrogen-bond donors (Lipinski definition) is 3. The Morgan fingerprint density at radius 3 is 2.92 bits per heavy atom. The van der Waals surface area contributed by atoms with Crippen LogP contribution in [0.15, 0.2) is 27.4 Å². The summed E-state index contributed by atoms with van der Waals surface area (Å²) >= 11 is 0. The largest absolute Gasteiger partial charge is 0.449 e. The van der Waals surface area contributed by atoms with Gasteiger partial charge in [-0.25, -0.2) is 4.98 Å². The summed E-state index contributed by atoms with van der Waals surface area (Å²) in [6.45, 7) is 3.93. The van der Waals surface area contributed by atoms with Crippen molar-refractivity contribution in [2.75, 3.05) is 26.3 Å². The Labute approximate surface area is 150 Å². The van der Waals surface area contributed by atoms with Gasteiger partial charge in [0.15, 0.2) is 0 Å². The average Bonchev–Trinajstić information content (AvgIpc) is 3.02. The quantitative estimate of drug-likeness (QED) is 0.575. The molecule has 7 nitrogen and oxygen atoms in total. The fourth-order valence-electron chi connectivity index (χ4n) is 2.85. The highest BCUT2D eigenvalue weighted by molar-refractivity contribution is 6.02. The molecule has 0 unspecified atom stereocenters. The molecule has 7 heteroatoms. The van der Waals surface area contributed by atoms with Crippen LogP contribution < -0.4 is 5.56 Å². The minimum atomic E-state index is -0.317. The molecule has 0 fully saturated rings. The van der Waals surface area contributed by atoms with Crippen molar-refractivity contribution in [2.45, 2.75) is 19.9 Å². The second-order valence-corrected chi connectivity index (χ2v) is 5.91. The van der Waals surface area contributed by atoms with Crippen molar-refractivity contribution in [3.63, 3.8) is 0 Å². The van der Waals surface area contributed by atoms with Crippen molar-refractivity contribution in [1.82, 2.24) is 14.9 Å². The highest BCUT2D eigenvalue weighted by Gasteiger charge is 2.15. The summed E-state index contributed by atoms with van der Waals surface area (Å²) < 4.78 is 5.64. The number of nitrogens with zero attached hydrogens (tertiary/aromatic N) is 2. The molecule has 1 aromatic carbocycles. The average molecular weight is 355 g/mol. The molecule has 0 aliphatic heterocycles. The lowest BCUT2D eigenvalue weighted by Crippen LogP contribution is -2.27. The zero-order valence-corrected chi connectivity index (χ0v) is 14.6. The molecular formula is C19H21N3O4. The highest BCUT2D eigenvalue weighted by Crippen LogP contribution is 2.26. The number of benzene rings is 1. The monoisotopic (exact) mass is 355 g/mol. The maximum Gasteiger partial charge on any atom is 0.294 e. The first-order valence-corrected chi connectivity index (χ1v) is 8.54. The topological polar surface area (TPSA) is 103 Å². The van der Waals surface area contributed by atoms with E-state index in [4.69, 9.17) is 14.6 Å². The summed E-state index contributed by atoms with van der Waals surface area (Å²) in [6.07, 6.45) is 0.668. The molecular weight excluding hydrogens is 334 g/mol. The number of hydrogen-bond acceptors (Lipinski definition) is 6. The third-order valence-electron chi connectivity index (χ3n) is 4.14. The summed E-state index contributed by atoms with van der Waals surface area (Å²) in [6, 6.07) is 5.33. The lowest BCUT2D eigenvalue weighted by atomic mass is 10.1. The molecule has 0 saturated heterocycles. The van der Waals surface area contributed by atoms with Crippen molar-refractivity contribution in [3.05, 3.63) is 39.9 Å². The van der Waals surface area contributed by atoms with Gasteiger partial charge in [-0.05, 0) is 31.2 Å². The molecule has 0 amide bonds. The van der Waals surface area contributed by atoms with Gasteiger partial charge in [0.25, 0.3) is 5.56 Å². The van der Waals surface area contributed by atoms with Crippen LogP contribution >= 0.6 is 0 Å². The highest BCUT2D eigenvalue weighted by atomic mass is 16.3. The predicted molar refractivity (Wildman–Crippen MR) is 98.8 cm³/mol. The van der Waals surface area contributed by atoms with E-state index in [-0.39, 0.29) is 24.4 Å². The van der Waals surface area contributed by atoms with E-state index in [2.05, 4.69) is 26.7 Å². The molecule has 0 aliphatic rings. The van der Waals surface area contributed by atoms with Gasteiger partial charge in [-0.1, -0.05) is 18.8 Å². The molecule has 0 radical (unpaired) electrons. The Kier molecular flexibility index (Phi) is 5.68. The van der Waals surface area contributed by atoms with E-state index in [1.54, 1.807) is 12.1 Å². The first-order valence-electron chi connectivity index (χ1n) is 8.54. The van der Waals surface area contributed by atoms with Gasteiger partial charge in [0.1, 0.15) is 23.5 Å². The van der Waals surface area contributed by atoms with Gasteiger partial charge in [0.2, 0.25) is 5.58 Å². The van der Waals surface area contributed by atoms with Crippen molar-refractivity contribution in [3.8, 4) is 11.8 Å². The lowest BCUT2D eigenvalue weighted by Gasteiger charge is -2.18. The molecule has 0 atom stereocenters. The van der Waals surface area contributed by atoms with E-state index < -0.39 is 0 Å². The predicted octanol–water partition coefficient (Wildman–Crippen LogP) is 1.22. The third-order valence-corrected chi connectivity index (χ3v) is 4.14. The summed E-state index contributed by atoms with van der Waals surface area (Å²) in [5, 5.41) is 18.6. The van der Waals surface area contributed by atoms with Crippen molar-refractivity contribution < 1.29 is 14.6 Å². The van der Waals surface area contributed by atoms with Crippen LogP contribution in [0.1, 0.15) is 24.7 Å². The maximum atomic E-state index is 12.4. The number of rotatable bonds is 6. The van der Waals surface area contributed by atoms with Gasteiger partial charge in [-0.15, -0.1) is 0 Å². The fourth-order valence-corrected chi connectivity index (χ4v) is 2.85. The van der Waals surface area contributed by atoms with E-state index >= 15 is 0 Å². The number of H-pyrrole nitrogens is 1. The number of aliphatic hydroxyl groups excluding tert-OH is 2. The zero-order chi connectivity index (χ0) is 18.5. The maximum absolute atomic E-state index is 12.4. The minimum absolute atomic E-state index is 0.128. The molecule has 3 rings (SSSR count). The molecule has 0 bridgehead atoms. The number of furan rings is 1. The van der Waals surface area contributed by atoms with Gasteiger partial charge in [-0.2, -0.15) is 0 Å². The molecule has 3 aromatic rings. The lowest BCUT2D eigenvalue weighted by molar-refractivity contribution is 0.222. The SMILES string of the molecule is CCN(CCCO)Cc1nc2c(oc3ccc(C#CCO)cc32)c(=O)[nH]1. The third kappa shape index (κ3) is 3.78. The van der Waals surface area contributed by atoms with Crippen LogP contribution in [0.3, 0.4) is 0 Å². The molecule has 3 N–H and O–H groups in total. The van der Waals surface area contributed by atoms with Crippen LogP contribution in [0.5, 0.6) is 0 Å². The normalized spacial score (nSPS) is 11.2. The number of aromatic amines is 1. The number of nitrogens with one attached hydrogen (secondary N) is 1. The van der Waals surface area contributed by atoms with Crippen LogP contribution in [0.25, 0.3) is 22.1 Å². The van der Waals surface area contributed by atoms with Crippen LogP contribution in [0.2, 0.25) is 0 Å².